The van der Waals surface area contributed by atoms with E-state index < -0.39 is 0 Å². The molecule has 0 aliphatic heterocycles. The Balaban J connectivity index is 2.49. The van der Waals surface area contributed by atoms with Gasteiger partial charge in [0.2, 0.25) is 0 Å². The van der Waals surface area contributed by atoms with Crippen LogP contribution in [0.25, 0.3) is 10.8 Å². The number of aromatic nitrogens is 1. The highest BCUT2D eigenvalue weighted by atomic mass is 15.0. The van der Waals surface area contributed by atoms with Crippen molar-refractivity contribution in [3.8, 4) is 0 Å². The zero-order chi connectivity index (χ0) is 14.0. The third-order valence-corrected chi connectivity index (χ3v) is 3.47. The minimum absolute atomic E-state index is 0.347. The number of rotatable bonds is 2. The van der Waals surface area contributed by atoms with Crippen LogP contribution in [0.1, 0.15) is 32.8 Å². The van der Waals surface area contributed by atoms with Crippen LogP contribution in [0.4, 0.5) is 0 Å². The molecule has 0 unspecified atom stereocenters. The highest BCUT2D eigenvalue weighted by Crippen LogP contribution is 2.19. The van der Waals surface area contributed by atoms with Gasteiger partial charge in [-0.3, -0.25) is 4.99 Å². The third kappa shape index (κ3) is 3.25. The van der Waals surface area contributed by atoms with Crippen LogP contribution in [0.5, 0.6) is 0 Å². The summed E-state index contributed by atoms with van der Waals surface area (Å²) in [7, 11) is 1.88. The van der Waals surface area contributed by atoms with Crippen molar-refractivity contribution in [2.24, 2.45) is 10.4 Å². The third-order valence-electron chi connectivity index (χ3n) is 3.47. The van der Waals surface area contributed by atoms with Gasteiger partial charge in [0.15, 0.2) is 0 Å². The summed E-state index contributed by atoms with van der Waals surface area (Å²) in [6, 6.07) is 8.75. The highest BCUT2D eigenvalue weighted by Gasteiger charge is 2.10. The fourth-order valence-electron chi connectivity index (χ4n) is 2.30. The Morgan fingerprint density at radius 3 is 2.53 bits per heavy atom. The number of aryl methyl sites for hydroxylation is 2. The van der Waals surface area contributed by atoms with E-state index in [1.165, 1.54) is 16.3 Å². The van der Waals surface area contributed by atoms with Crippen LogP contribution in [0.2, 0.25) is 0 Å². The van der Waals surface area contributed by atoms with Crippen molar-refractivity contribution < 1.29 is 0 Å². The zero-order valence-electron chi connectivity index (χ0n) is 12.7. The minimum atomic E-state index is 0.347. The Kier molecular flexibility index (Phi) is 3.79. The zero-order valence-corrected chi connectivity index (χ0v) is 12.7. The second-order valence-electron chi connectivity index (χ2n) is 6.46. The van der Waals surface area contributed by atoms with Crippen LogP contribution < -0.4 is 5.49 Å². The van der Waals surface area contributed by atoms with Crippen LogP contribution in [0.3, 0.4) is 0 Å². The molecule has 19 heavy (non-hydrogen) atoms. The van der Waals surface area contributed by atoms with Crippen LogP contribution in [0, 0.1) is 12.3 Å². The van der Waals surface area contributed by atoms with E-state index in [0.29, 0.717) is 5.41 Å². The van der Waals surface area contributed by atoms with E-state index in [4.69, 9.17) is 0 Å². The number of fused-ring (bicyclic) bond motifs is 1. The molecule has 2 heteroatoms. The van der Waals surface area contributed by atoms with E-state index >= 15 is 0 Å². The summed E-state index contributed by atoms with van der Waals surface area (Å²) in [6.45, 7) is 9.98. The molecule has 0 N–H and O–H groups in total. The summed E-state index contributed by atoms with van der Waals surface area (Å²) in [5.41, 5.74) is 2.73. The summed E-state index contributed by atoms with van der Waals surface area (Å²) in [6.07, 6.45) is 3.31. The average molecular weight is 256 g/mol. The highest BCUT2D eigenvalue weighted by molar-refractivity contribution is 5.81. The first-order valence-electron chi connectivity index (χ1n) is 6.93. The molecule has 0 atom stereocenters. The van der Waals surface area contributed by atoms with Gasteiger partial charge in [0.1, 0.15) is 5.49 Å². The largest absolute Gasteiger partial charge is 0.333 e. The summed E-state index contributed by atoms with van der Waals surface area (Å²) in [5.74, 6) is 0. The molecule has 0 radical (unpaired) electrons. The lowest BCUT2D eigenvalue weighted by molar-refractivity contribution is 0.347. The molecule has 102 valence electrons. The first kappa shape index (κ1) is 13.9. The monoisotopic (exact) mass is 256 g/mol. The van der Waals surface area contributed by atoms with Crippen molar-refractivity contribution in [3.63, 3.8) is 0 Å². The Morgan fingerprint density at radius 1 is 1.16 bits per heavy atom. The van der Waals surface area contributed by atoms with Gasteiger partial charge in [0.05, 0.1) is 0 Å². The predicted octanol–water partition coefficient (Wildman–Crippen LogP) is 3.92. The quantitative estimate of drug-likeness (QED) is 0.775. The molecule has 0 aliphatic rings. The molecule has 0 fully saturated rings. The molecule has 1 aromatic carbocycles. The molecule has 0 saturated carbocycles. The van der Waals surface area contributed by atoms with Gasteiger partial charge >= 0.3 is 0 Å². The Morgan fingerprint density at radius 2 is 1.89 bits per heavy atom. The van der Waals surface area contributed by atoms with Crippen molar-refractivity contribution >= 4 is 10.8 Å². The van der Waals surface area contributed by atoms with Crippen LogP contribution in [-0.4, -0.2) is 11.6 Å². The van der Waals surface area contributed by atoms with Gasteiger partial charge in [-0.2, -0.15) is 0 Å². The van der Waals surface area contributed by atoms with Gasteiger partial charge in [0, 0.05) is 25.2 Å². The van der Waals surface area contributed by atoms with Gasteiger partial charge < -0.3 is 4.57 Å². The van der Waals surface area contributed by atoms with Crippen LogP contribution >= 0.6 is 0 Å². The van der Waals surface area contributed by atoms with Crippen molar-refractivity contribution in [1.29, 1.82) is 0 Å². The fraction of sp³-hybridized carbons (Fsp3) is 0.471. The first-order valence-corrected chi connectivity index (χ1v) is 6.93. The molecule has 1 aromatic heterocycles. The lowest BCUT2D eigenvalue weighted by Crippen LogP contribution is -2.23. The number of nitrogens with zero attached hydrogens (tertiary/aromatic N) is 2. The van der Waals surface area contributed by atoms with Gasteiger partial charge in [-0.15, -0.1) is 0 Å². The lowest BCUT2D eigenvalue weighted by Gasteiger charge is -2.19. The first-order chi connectivity index (χ1) is 8.90. The average Bonchev–Trinajstić information content (AvgIpc) is 2.34. The predicted molar refractivity (Wildman–Crippen MR) is 82.2 cm³/mol. The van der Waals surface area contributed by atoms with E-state index in [1.807, 2.05) is 7.05 Å². The molecular formula is C17H24N2. The Hall–Kier alpha value is -1.57. The van der Waals surface area contributed by atoms with Gasteiger partial charge in [-0.1, -0.05) is 44.5 Å². The van der Waals surface area contributed by atoms with Crippen molar-refractivity contribution in [3.05, 3.63) is 41.5 Å². The maximum atomic E-state index is 4.49. The van der Waals surface area contributed by atoms with E-state index in [2.05, 4.69) is 67.7 Å². The summed E-state index contributed by atoms with van der Waals surface area (Å²) < 4.78 is 2.27. The molecule has 2 rings (SSSR count). The molecule has 0 aliphatic carbocycles. The summed E-state index contributed by atoms with van der Waals surface area (Å²) in [5, 5.41) is 2.51. The minimum Gasteiger partial charge on any atom is -0.333 e. The van der Waals surface area contributed by atoms with Crippen molar-refractivity contribution in [1.82, 2.24) is 4.57 Å². The summed E-state index contributed by atoms with van der Waals surface area (Å²) >= 11 is 0. The van der Waals surface area contributed by atoms with Crippen molar-refractivity contribution in [2.75, 3.05) is 7.05 Å². The Bertz CT molecular complexity index is 642. The number of hydrogen-bond acceptors (Lipinski definition) is 1. The van der Waals surface area contributed by atoms with E-state index in [1.54, 1.807) is 0 Å². The molecule has 0 amide bonds. The van der Waals surface area contributed by atoms with Gasteiger partial charge in [-0.25, -0.2) is 0 Å². The molecule has 2 aromatic rings. The molecule has 1 heterocycles. The fourth-order valence-corrected chi connectivity index (χ4v) is 2.30. The van der Waals surface area contributed by atoms with Gasteiger partial charge in [-0.05, 0) is 30.2 Å². The topological polar surface area (TPSA) is 17.3 Å². The van der Waals surface area contributed by atoms with E-state index in [0.717, 1.165) is 18.5 Å². The Labute approximate surface area is 115 Å². The number of hydrogen-bond donors (Lipinski definition) is 0. The van der Waals surface area contributed by atoms with Crippen LogP contribution in [0.15, 0.2) is 35.5 Å². The maximum absolute atomic E-state index is 4.49. The van der Waals surface area contributed by atoms with E-state index in [-0.39, 0.29) is 0 Å². The van der Waals surface area contributed by atoms with E-state index in [9.17, 15) is 0 Å². The lowest BCUT2D eigenvalue weighted by atomic mass is 9.92. The van der Waals surface area contributed by atoms with Crippen molar-refractivity contribution in [2.45, 2.75) is 40.7 Å². The number of benzene rings is 1. The molecule has 0 spiro atoms. The molecule has 0 bridgehead atoms. The molecule has 0 saturated heterocycles. The van der Waals surface area contributed by atoms with Gasteiger partial charge in [0.25, 0.3) is 0 Å². The maximum Gasteiger partial charge on any atom is 0.135 e. The molecular weight excluding hydrogens is 232 g/mol. The normalized spacial score (nSPS) is 13.2. The second-order valence-corrected chi connectivity index (χ2v) is 6.46. The number of pyridine rings is 1. The second kappa shape index (κ2) is 5.20. The summed E-state index contributed by atoms with van der Waals surface area (Å²) in [4.78, 5) is 4.49. The molecule has 2 nitrogen and oxygen atoms in total. The standard InChI is InChI=1S/C17H24N2/c1-13-6-7-15-14(12-13)8-10-19(16(15)18-5)11-9-17(2,3)4/h6-8,10,12H,9,11H2,1-5H3. The SMILES string of the molecule is CN=c1c2ccc(C)cc2ccn1CCC(C)(C)C. The van der Waals surface area contributed by atoms with Crippen LogP contribution in [-0.2, 0) is 6.54 Å². The smallest absolute Gasteiger partial charge is 0.135 e.